The normalized spacial score (nSPS) is 18.9. The fourth-order valence-corrected chi connectivity index (χ4v) is 4.32. The van der Waals surface area contributed by atoms with Gasteiger partial charge in [0.2, 0.25) is 0 Å². The number of para-hydroxylation sites is 1. The third-order valence-corrected chi connectivity index (χ3v) is 5.93. The molecule has 29 heavy (non-hydrogen) atoms. The average molecular weight is 427 g/mol. The van der Waals surface area contributed by atoms with E-state index in [2.05, 4.69) is 5.32 Å². The average Bonchev–Trinajstić information content (AvgIpc) is 3.02. The fourth-order valence-electron chi connectivity index (χ4n) is 3.85. The summed E-state index contributed by atoms with van der Waals surface area (Å²) in [6.07, 6.45) is 7.40. The van der Waals surface area contributed by atoms with Gasteiger partial charge in [0.15, 0.2) is 5.11 Å². The van der Waals surface area contributed by atoms with Crippen LogP contribution in [0.25, 0.3) is 6.08 Å². The number of halogens is 1. The molecule has 4 nitrogen and oxygen atoms in total. The summed E-state index contributed by atoms with van der Waals surface area (Å²) in [6, 6.07) is 15.5. The molecule has 6 heteroatoms. The SMILES string of the molecule is O=C1/C(=C/c2ccccc2OCc2ccc(Cl)cc2)NC(=S)N1C1CCCCC1. The minimum absolute atomic E-state index is 0.0468. The van der Waals surface area contributed by atoms with Gasteiger partial charge in [0.1, 0.15) is 18.1 Å². The van der Waals surface area contributed by atoms with Crippen LogP contribution in [0.4, 0.5) is 0 Å². The minimum Gasteiger partial charge on any atom is -0.488 e. The molecule has 0 aromatic heterocycles. The molecular weight excluding hydrogens is 404 g/mol. The van der Waals surface area contributed by atoms with Crippen LogP contribution in [-0.4, -0.2) is 22.0 Å². The van der Waals surface area contributed by atoms with E-state index >= 15 is 0 Å². The molecule has 0 atom stereocenters. The Kier molecular flexibility index (Phi) is 6.16. The Bertz CT molecular complexity index is 936. The van der Waals surface area contributed by atoms with Crippen molar-refractivity contribution in [1.82, 2.24) is 10.2 Å². The Hall–Kier alpha value is -2.37. The Morgan fingerprint density at radius 1 is 1.10 bits per heavy atom. The van der Waals surface area contributed by atoms with E-state index in [1.165, 1.54) is 6.42 Å². The zero-order valence-corrected chi connectivity index (χ0v) is 17.6. The van der Waals surface area contributed by atoms with Crippen molar-refractivity contribution >= 4 is 40.9 Å². The van der Waals surface area contributed by atoms with Crippen LogP contribution in [0, 0.1) is 0 Å². The van der Waals surface area contributed by atoms with Crippen LogP contribution >= 0.6 is 23.8 Å². The molecule has 2 aliphatic rings. The van der Waals surface area contributed by atoms with Crippen molar-refractivity contribution < 1.29 is 9.53 Å². The molecule has 2 aromatic rings. The maximum Gasteiger partial charge on any atom is 0.276 e. The second kappa shape index (κ2) is 8.97. The molecule has 2 fully saturated rings. The number of benzene rings is 2. The number of carbonyl (C=O) groups excluding carboxylic acids is 1. The lowest BCUT2D eigenvalue weighted by Crippen LogP contribution is -2.41. The molecule has 0 spiro atoms. The lowest BCUT2D eigenvalue weighted by Gasteiger charge is -2.29. The zero-order chi connectivity index (χ0) is 20.2. The molecule has 1 saturated heterocycles. The molecular formula is C23H23ClN2O2S. The Morgan fingerprint density at radius 3 is 2.59 bits per heavy atom. The van der Waals surface area contributed by atoms with Gasteiger partial charge in [-0.25, -0.2) is 0 Å². The predicted molar refractivity (Wildman–Crippen MR) is 120 cm³/mol. The summed E-state index contributed by atoms with van der Waals surface area (Å²) in [6.45, 7) is 0.422. The highest BCUT2D eigenvalue weighted by Gasteiger charge is 2.36. The topological polar surface area (TPSA) is 41.6 Å². The van der Waals surface area contributed by atoms with E-state index in [1.807, 2.05) is 54.6 Å². The van der Waals surface area contributed by atoms with Gasteiger partial charge in [0, 0.05) is 16.6 Å². The Labute approximate surface area is 181 Å². The smallest absolute Gasteiger partial charge is 0.276 e. The van der Waals surface area contributed by atoms with Crippen LogP contribution < -0.4 is 10.1 Å². The number of ether oxygens (including phenoxy) is 1. The lowest BCUT2D eigenvalue weighted by atomic mass is 9.94. The van der Waals surface area contributed by atoms with Crippen LogP contribution in [0.15, 0.2) is 54.2 Å². The number of rotatable bonds is 5. The third-order valence-electron chi connectivity index (χ3n) is 5.38. The van der Waals surface area contributed by atoms with Gasteiger partial charge in [0.05, 0.1) is 0 Å². The minimum atomic E-state index is -0.0468. The van der Waals surface area contributed by atoms with Crippen molar-refractivity contribution in [3.8, 4) is 5.75 Å². The van der Waals surface area contributed by atoms with Gasteiger partial charge in [-0.15, -0.1) is 0 Å². The number of thiocarbonyl (C=S) groups is 1. The molecule has 1 N–H and O–H groups in total. The first-order valence-corrected chi connectivity index (χ1v) is 10.7. The number of hydrogen-bond acceptors (Lipinski definition) is 3. The Morgan fingerprint density at radius 2 is 1.83 bits per heavy atom. The van der Waals surface area contributed by atoms with Gasteiger partial charge >= 0.3 is 0 Å². The predicted octanol–water partition coefficient (Wildman–Crippen LogP) is 5.31. The van der Waals surface area contributed by atoms with Crippen LogP contribution in [0.1, 0.15) is 43.2 Å². The molecule has 2 aromatic carbocycles. The van der Waals surface area contributed by atoms with Crippen LogP contribution in [0.2, 0.25) is 5.02 Å². The van der Waals surface area contributed by atoms with Gasteiger partial charge < -0.3 is 10.1 Å². The summed E-state index contributed by atoms with van der Waals surface area (Å²) in [5.41, 5.74) is 2.37. The number of amides is 1. The highest BCUT2D eigenvalue weighted by Crippen LogP contribution is 2.28. The van der Waals surface area contributed by atoms with E-state index in [9.17, 15) is 4.79 Å². The standard InChI is InChI=1S/C23H23ClN2O2S/c24-18-12-10-16(11-13-18)15-28-21-9-5-4-6-17(21)14-20-22(27)26(23(29)25-20)19-7-2-1-3-8-19/h4-6,9-14,19H,1-3,7-8,15H2,(H,25,29)/b20-14-. The first-order valence-electron chi connectivity index (χ1n) is 9.94. The van der Waals surface area contributed by atoms with E-state index < -0.39 is 0 Å². The van der Waals surface area contributed by atoms with Crippen molar-refractivity contribution in [2.24, 2.45) is 0 Å². The van der Waals surface area contributed by atoms with Gasteiger partial charge in [0.25, 0.3) is 5.91 Å². The molecule has 1 amide bonds. The van der Waals surface area contributed by atoms with Crippen molar-refractivity contribution in [1.29, 1.82) is 0 Å². The summed E-state index contributed by atoms with van der Waals surface area (Å²) in [5.74, 6) is 0.668. The lowest BCUT2D eigenvalue weighted by molar-refractivity contribution is -0.124. The quantitative estimate of drug-likeness (QED) is 0.519. The maximum atomic E-state index is 13.0. The van der Waals surface area contributed by atoms with E-state index in [-0.39, 0.29) is 11.9 Å². The molecule has 1 heterocycles. The van der Waals surface area contributed by atoms with Crippen molar-refractivity contribution in [3.05, 3.63) is 70.4 Å². The summed E-state index contributed by atoms with van der Waals surface area (Å²) in [4.78, 5) is 14.8. The van der Waals surface area contributed by atoms with Gasteiger partial charge in [-0.2, -0.15) is 0 Å². The highest BCUT2D eigenvalue weighted by molar-refractivity contribution is 7.80. The van der Waals surface area contributed by atoms with Crippen LogP contribution in [-0.2, 0) is 11.4 Å². The fraction of sp³-hybridized carbons (Fsp3) is 0.304. The molecule has 0 bridgehead atoms. The van der Waals surface area contributed by atoms with Crippen molar-refractivity contribution in [2.45, 2.75) is 44.8 Å². The molecule has 0 unspecified atom stereocenters. The molecule has 4 rings (SSSR count). The van der Waals surface area contributed by atoms with Gasteiger partial charge in [-0.05, 0) is 54.9 Å². The van der Waals surface area contributed by atoms with Crippen LogP contribution in [0.3, 0.4) is 0 Å². The first-order chi connectivity index (χ1) is 14.1. The maximum absolute atomic E-state index is 13.0. The Balaban J connectivity index is 1.51. The number of carbonyl (C=O) groups is 1. The van der Waals surface area contributed by atoms with Crippen molar-refractivity contribution in [2.75, 3.05) is 0 Å². The van der Waals surface area contributed by atoms with E-state index in [0.29, 0.717) is 28.2 Å². The number of hydrogen-bond donors (Lipinski definition) is 1. The van der Waals surface area contributed by atoms with Gasteiger partial charge in [-0.1, -0.05) is 61.2 Å². The molecule has 0 radical (unpaired) electrons. The number of nitrogens with zero attached hydrogens (tertiary/aromatic N) is 1. The molecule has 150 valence electrons. The summed E-state index contributed by atoms with van der Waals surface area (Å²) < 4.78 is 6.01. The second-order valence-electron chi connectivity index (χ2n) is 7.41. The molecule has 1 aliphatic heterocycles. The third kappa shape index (κ3) is 4.62. The van der Waals surface area contributed by atoms with E-state index in [1.54, 1.807) is 4.90 Å². The van der Waals surface area contributed by atoms with E-state index in [0.717, 1.165) is 36.8 Å². The van der Waals surface area contributed by atoms with Gasteiger partial charge in [-0.3, -0.25) is 9.69 Å². The largest absolute Gasteiger partial charge is 0.488 e. The monoisotopic (exact) mass is 426 g/mol. The zero-order valence-electron chi connectivity index (χ0n) is 16.1. The molecule has 1 saturated carbocycles. The summed E-state index contributed by atoms with van der Waals surface area (Å²) in [7, 11) is 0. The van der Waals surface area contributed by atoms with Crippen molar-refractivity contribution in [3.63, 3.8) is 0 Å². The number of nitrogens with one attached hydrogen (secondary N) is 1. The highest BCUT2D eigenvalue weighted by atomic mass is 35.5. The van der Waals surface area contributed by atoms with E-state index in [4.69, 9.17) is 28.6 Å². The molecule has 1 aliphatic carbocycles. The second-order valence-corrected chi connectivity index (χ2v) is 8.23. The van der Waals surface area contributed by atoms with Crippen LogP contribution in [0.5, 0.6) is 5.75 Å². The first kappa shape index (κ1) is 19.9. The summed E-state index contributed by atoms with van der Waals surface area (Å²) >= 11 is 11.4. The summed E-state index contributed by atoms with van der Waals surface area (Å²) in [5, 5.41) is 4.31.